The van der Waals surface area contributed by atoms with E-state index in [9.17, 15) is 22.4 Å². The number of nitrogens with zero attached hydrogens (tertiary/aromatic N) is 2. The van der Waals surface area contributed by atoms with Crippen molar-refractivity contribution < 1.29 is 27.1 Å². The number of halogens is 1. The van der Waals surface area contributed by atoms with Crippen LogP contribution in [-0.4, -0.2) is 75.7 Å². The third-order valence-electron chi connectivity index (χ3n) is 6.57. The lowest BCUT2D eigenvalue weighted by Gasteiger charge is -2.49. The van der Waals surface area contributed by atoms with Crippen LogP contribution in [0, 0.1) is 11.7 Å². The number of unbranched alkanes of at least 4 members (excludes halogenated alkanes) is 2. The summed E-state index contributed by atoms with van der Waals surface area (Å²) < 4.78 is 48.6. The molecule has 1 aromatic rings. The van der Waals surface area contributed by atoms with Gasteiger partial charge in [-0.15, -0.1) is 0 Å². The third-order valence-corrected chi connectivity index (χ3v) is 8.10. The molecule has 2 aliphatic heterocycles. The molecular weight excluding hydrogens is 463 g/mol. The number of benzene rings is 1. The van der Waals surface area contributed by atoms with E-state index in [4.69, 9.17) is 4.74 Å². The van der Waals surface area contributed by atoms with Gasteiger partial charge in [0.05, 0.1) is 17.9 Å². The van der Waals surface area contributed by atoms with Crippen LogP contribution in [0.25, 0.3) is 0 Å². The van der Waals surface area contributed by atoms with E-state index < -0.39 is 21.4 Å². The van der Waals surface area contributed by atoms with Gasteiger partial charge in [0, 0.05) is 32.6 Å². The molecular formula is C23H33FN4O5S. The van der Waals surface area contributed by atoms with Crippen molar-refractivity contribution in [2.75, 3.05) is 45.6 Å². The Balaban J connectivity index is 1.30. The highest BCUT2D eigenvalue weighted by Gasteiger charge is 2.45. The van der Waals surface area contributed by atoms with Crippen LogP contribution >= 0.6 is 0 Å². The molecule has 9 nitrogen and oxygen atoms in total. The SMILES string of the molecule is CN1CC(NS(=O)(=O)CCCCCN2CCC(=O)NC2=O)(c2ccc(F)c(OCC3CC3)c2)C1. The molecule has 3 aliphatic rings. The smallest absolute Gasteiger partial charge is 0.324 e. The highest BCUT2D eigenvalue weighted by Crippen LogP contribution is 2.36. The molecule has 1 aromatic carbocycles. The van der Waals surface area contributed by atoms with Crippen molar-refractivity contribution in [1.29, 1.82) is 0 Å². The van der Waals surface area contributed by atoms with E-state index in [0.29, 0.717) is 63.5 Å². The maximum atomic E-state index is 14.3. The first-order valence-corrected chi connectivity index (χ1v) is 13.5. The van der Waals surface area contributed by atoms with Gasteiger partial charge in [0.2, 0.25) is 15.9 Å². The van der Waals surface area contributed by atoms with Crippen molar-refractivity contribution in [2.24, 2.45) is 5.92 Å². The molecule has 4 rings (SSSR count). The van der Waals surface area contributed by atoms with Crippen LogP contribution in [0.15, 0.2) is 18.2 Å². The summed E-state index contributed by atoms with van der Waals surface area (Å²) in [5.74, 6) is -0.0910. The van der Waals surface area contributed by atoms with E-state index in [1.165, 1.54) is 6.07 Å². The van der Waals surface area contributed by atoms with Crippen LogP contribution in [0.1, 0.15) is 44.1 Å². The summed E-state index contributed by atoms with van der Waals surface area (Å²) in [6.07, 6.45) is 4.24. The zero-order chi connectivity index (χ0) is 24.3. The summed E-state index contributed by atoms with van der Waals surface area (Å²) in [6.45, 7) is 2.34. The summed E-state index contributed by atoms with van der Waals surface area (Å²) in [5, 5.41) is 2.28. The van der Waals surface area contributed by atoms with E-state index in [1.54, 1.807) is 17.0 Å². The summed E-state index contributed by atoms with van der Waals surface area (Å²) in [7, 11) is -1.67. The van der Waals surface area contributed by atoms with E-state index in [2.05, 4.69) is 10.0 Å². The third kappa shape index (κ3) is 6.25. The Kier molecular flexibility index (Phi) is 7.44. The van der Waals surface area contributed by atoms with Crippen molar-refractivity contribution in [3.8, 4) is 5.75 Å². The minimum absolute atomic E-state index is 0.0324. The Bertz CT molecular complexity index is 1020. The average molecular weight is 497 g/mol. The van der Waals surface area contributed by atoms with Crippen molar-refractivity contribution in [3.05, 3.63) is 29.6 Å². The first-order valence-electron chi connectivity index (χ1n) is 11.9. The number of sulfonamides is 1. The molecule has 34 heavy (non-hydrogen) atoms. The minimum Gasteiger partial charge on any atom is -0.490 e. The lowest BCUT2D eigenvalue weighted by molar-refractivity contribution is -0.121. The Hall–Kier alpha value is -2.24. The highest BCUT2D eigenvalue weighted by atomic mass is 32.2. The van der Waals surface area contributed by atoms with Crippen LogP contribution in [0.2, 0.25) is 0 Å². The van der Waals surface area contributed by atoms with Crippen LogP contribution in [0.4, 0.5) is 9.18 Å². The van der Waals surface area contributed by atoms with Crippen molar-refractivity contribution in [3.63, 3.8) is 0 Å². The monoisotopic (exact) mass is 496 g/mol. The number of hydrogen-bond donors (Lipinski definition) is 2. The zero-order valence-corrected chi connectivity index (χ0v) is 20.3. The molecule has 1 saturated carbocycles. The second-order valence-electron chi connectivity index (χ2n) is 9.73. The van der Waals surface area contributed by atoms with Crippen LogP contribution in [0.3, 0.4) is 0 Å². The summed E-state index contributed by atoms with van der Waals surface area (Å²) in [4.78, 5) is 26.5. The Morgan fingerprint density at radius 2 is 1.97 bits per heavy atom. The molecule has 188 valence electrons. The summed E-state index contributed by atoms with van der Waals surface area (Å²) >= 11 is 0. The molecule has 0 radical (unpaired) electrons. The maximum Gasteiger partial charge on any atom is 0.324 e. The van der Waals surface area contributed by atoms with Crippen LogP contribution in [-0.2, 0) is 20.4 Å². The van der Waals surface area contributed by atoms with Gasteiger partial charge < -0.3 is 14.5 Å². The number of imide groups is 1. The number of carbonyl (C=O) groups excluding carboxylic acids is 2. The van der Waals surface area contributed by atoms with Gasteiger partial charge in [-0.2, -0.15) is 0 Å². The zero-order valence-electron chi connectivity index (χ0n) is 19.5. The molecule has 0 aromatic heterocycles. The van der Waals surface area contributed by atoms with Gasteiger partial charge in [-0.05, 0) is 56.3 Å². The Labute approximate surface area is 200 Å². The van der Waals surface area contributed by atoms with Crippen molar-refractivity contribution in [1.82, 2.24) is 19.8 Å². The molecule has 0 unspecified atom stereocenters. The quantitative estimate of drug-likeness (QED) is 0.427. The van der Waals surface area contributed by atoms with Gasteiger partial charge in [0.25, 0.3) is 0 Å². The largest absolute Gasteiger partial charge is 0.490 e. The van der Waals surface area contributed by atoms with E-state index in [1.807, 2.05) is 11.9 Å². The number of likely N-dealkylation sites (tertiary alicyclic amines) is 1. The molecule has 1 aliphatic carbocycles. The second-order valence-corrected chi connectivity index (χ2v) is 11.6. The predicted molar refractivity (Wildman–Crippen MR) is 124 cm³/mol. The van der Waals surface area contributed by atoms with Gasteiger partial charge in [0.1, 0.15) is 0 Å². The lowest BCUT2D eigenvalue weighted by Crippen LogP contribution is -2.66. The van der Waals surface area contributed by atoms with Crippen LogP contribution < -0.4 is 14.8 Å². The van der Waals surface area contributed by atoms with Gasteiger partial charge in [-0.25, -0.2) is 22.3 Å². The molecule has 0 bridgehead atoms. The molecule has 3 amide bonds. The molecule has 0 spiro atoms. The fourth-order valence-electron chi connectivity index (χ4n) is 4.52. The predicted octanol–water partition coefficient (Wildman–Crippen LogP) is 1.79. The first kappa shape index (κ1) is 24.9. The lowest BCUT2D eigenvalue weighted by atomic mass is 9.84. The number of ether oxygens (including phenoxy) is 1. The molecule has 0 atom stereocenters. The van der Waals surface area contributed by atoms with Gasteiger partial charge in [-0.1, -0.05) is 12.5 Å². The maximum absolute atomic E-state index is 14.3. The molecule has 3 fully saturated rings. The summed E-state index contributed by atoms with van der Waals surface area (Å²) in [6, 6.07) is 4.21. The topological polar surface area (TPSA) is 108 Å². The number of rotatable bonds is 12. The van der Waals surface area contributed by atoms with Crippen molar-refractivity contribution >= 4 is 22.0 Å². The first-order chi connectivity index (χ1) is 16.2. The van der Waals surface area contributed by atoms with E-state index >= 15 is 0 Å². The number of amides is 3. The number of likely N-dealkylation sites (N-methyl/N-ethyl adjacent to an activating group) is 1. The normalized spacial score (nSPS) is 20.7. The van der Waals surface area contributed by atoms with Crippen LogP contribution in [0.5, 0.6) is 5.75 Å². The van der Waals surface area contributed by atoms with Gasteiger partial charge >= 0.3 is 6.03 Å². The van der Waals surface area contributed by atoms with E-state index in [0.717, 1.165) is 12.8 Å². The number of urea groups is 1. The highest BCUT2D eigenvalue weighted by molar-refractivity contribution is 7.89. The molecule has 2 saturated heterocycles. The standard InChI is InChI=1S/C23H33FN4O5S/c1-27-15-23(16-27,18-7-8-19(24)20(13-18)33-14-17-5-6-17)26-34(31,32)12-4-2-3-10-28-11-9-21(29)25-22(28)30/h7-8,13,17,26H,2-6,9-12,14-16H2,1H3,(H,25,29,30). The number of hydrogen-bond acceptors (Lipinski definition) is 6. The van der Waals surface area contributed by atoms with Crippen molar-refractivity contribution in [2.45, 2.75) is 44.1 Å². The Morgan fingerprint density at radius 1 is 1.21 bits per heavy atom. The fourth-order valence-corrected chi connectivity index (χ4v) is 6.05. The Morgan fingerprint density at radius 3 is 2.65 bits per heavy atom. The fraction of sp³-hybridized carbons (Fsp3) is 0.652. The average Bonchev–Trinajstić information content (AvgIpc) is 3.57. The second kappa shape index (κ2) is 10.2. The molecule has 2 heterocycles. The van der Waals surface area contributed by atoms with Gasteiger partial charge in [0.15, 0.2) is 11.6 Å². The number of carbonyl (C=O) groups is 2. The summed E-state index contributed by atoms with van der Waals surface area (Å²) in [5.41, 5.74) is -0.107. The van der Waals surface area contributed by atoms with Gasteiger partial charge in [-0.3, -0.25) is 10.1 Å². The molecule has 2 N–H and O–H groups in total. The number of nitrogens with one attached hydrogen (secondary N) is 2. The minimum atomic E-state index is -3.58. The van der Waals surface area contributed by atoms with E-state index in [-0.39, 0.29) is 29.9 Å². The molecule has 11 heteroatoms.